The summed E-state index contributed by atoms with van der Waals surface area (Å²) in [5, 5.41) is -0.443. The Morgan fingerprint density at radius 2 is 1.91 bits per heavy atom. The van der Waals surface area contributed by atoms with Gasteiger partial charge in [-0.15, -0.1) is 0 Å². The maximum absolute atomic E-state index is 14.4. The van der Waals surface area contributed by atoms with Gasteiger partial charge in [-0.1, -0.05) is 0 Å². The molecular formula is C13H6F5N3O. The van der Waals surface area contributed by atoms with Gasteiger partial charge in [0.2, 0.25) is 5.82 Å². The monoisotopic (exact) mass is 315 g/mol. The lowest BCUT2D eigenvalue weighted by molar-refractivity contribution is -0.144. The number of imidazole rings is 1. The Balaban J connectivity index is 2.30. The van der Waals surface area contributed by atoms with Crippen LogP contribution in [0.1, 0.15) is 5.82 Å². The Morgan fingerprint density at radius 1 is 1.18 bits per heavy atom. The molecular weight excluding hydrogens is 309 g/mol. The molecule has 3 aromatic rings. The van der Waals surface area contributed by atoms with E-state index in [0.717, 1.165) is 12.1 Å². The fraction of sp³-hybridized carbons (Fsp3) is 0.0769. The van der Waals surface area contributed by atoms with E-state index in [4.69, 9.17) is 0 Å². The summed E-state index contributed by atoms with van der Waals surface area (Å²) >= 11 is 0. The number of hydrogen-bond acceptors (Lipinski definition) is 2. The molecule has 4 nitrogen and oxygen atoms in total. The van der Waals surface area contributed by atoms with Crippen LogP contribution >= 0.6 is 0 Å². The zero-order chi connectivity index (χ0) is 16.1. The van der Waals surface area contributed by atoms with Crippen LogP contribution in [0.4, 0.5) is 22.0 Å². The molecule has 114 valence electrons. The number of pyridine rings is 1. The SMILES string of the molecule is O=c1cc[nH]c2cc(F)c(-c3cnc(C(F)(F)F)[nH]3)c(F)c12. The first-order chi connectivity index (χ1) is 10.3. The van der Waals surface area contributed by atoms with Gasteiger partial charge in [0.25, 0.3) is 0 Å². The molecule has 2 N–H and O–H groups in total. The minimum absolute atomic E-state index is 0.0955. The number of fused-ring (bicyclic) bond motifs is 1. The topological polar surface area (TPSA) is 61.5 Å². The van der Waals surface area contributed by atoms with Crippen molar-refractivity contribution in [2.24, 2.45) is 0 Å². The summed E-state index contributed by atoms with van der Waals surface area (Å²) in [6.45, 7) is 0. The van der Waals surface area contributed by atoms with Crippen molar-refractivity contribution < 1.29 is 22.0 Å². The summed E-state index contributed by atoms with van der Waals surface area (Å²) in [7, 11) is 0. The van der Waals surface area contributed by atoms with Crippen molar-refractivity contribution in [3.63, 3.8) is 0 Å². The van der Waals surface area contributed by atoms with Crippen molar-refractivity contribution in [1.29, 1.82) is 0 Å². The highest BCUT2D eigenvalue weighted by atomic mass is 19.4. The Bertz CT molecular complexity index is 926. The van der Waals surface area contributed by atoms with Gasteiger partial charge in [-0.25, -0.2) is 13.8 Å². The maximum atomic E-state index is 14.4. The molecule has 0 radical (unpaired) electrons. The Labute approximate surface area is 118 Å². The molecule has 0 atom stereocenters. The van der Waals surface area contributed by atoms with Gasteiger partial charge in [0, 0.05) is 12.3 Å². The minimum Gasteiger partial charge on any atom is -0.361 e. The summed E-state index contributed by atoms with van der Waals surface area (Å²) in [6.07, 6.45) is -2.91. The predicted molar refractivity (Wildman–Crippen MR) is 67.1 cm³/mol. The van der Waals surface area contributed by atoms with E-state index < -0.39 is 45.7 Å². The molecule has 0 amide bonds. The largest absolute Gasteiger partial charge is 0.449 e. The van der Waals surface area contributed by atoms with Crippen LogP contribution in [0.5, 0.6) is 0 Å². The molecule has 3 rings (SSSR count). The average Bonchev–Trinajstić information content (AvgIpc) is 2.87. The normalized spacial score (nSPS) is 12.0. The molecule has 0 bridgehead atoms. The number of aromatic amines is 2. The lowest BCUT2D eigenvalue weighted by atomic mass is 10.1. The second kappa shape index (κ2) is 4.65. The summed E-state index contributed by atoms with van der Waals surface area (Å²) in [6, 6.07) is 1.87. The molecule has 22 heavy (non-hydrogen) atoms. The highest BCUT2D eigenvalue weighted by Crippen LogP contribution is 2.32. The zero-order valence-corrected chi connectivity index (χ0v) is 10.6. The molecule has 0 unspecified atom stereocenters. The van der Waals surface area contributed by atoms with E-state index in [1.807, 2.05) is 0 Å². The van der Waals surface area contributed by atoms with Crippen LogP contribution in [-0.2, 0) is 6.18 Å². The van der Waals surface area contributed by atoms with E-state index in [9.17, 15) is 26.7 Å². The van der Waals surface area contributed by atoms with Crippen molar-refractivity contribution in [3.8, 4) is 11.3 Å². The highest BCUT2D eigenvalue weighted by Gasteiger charge is 2.35. The molecule has 2 heterocycles. The van der Waals surface area contributed by atoms with Crippen molar-refractivity contribution in [1.82, 2.24) is 15.0 Å². The first-order valence-corrected chi connectivity index (χ1v) is 5.91. The number of nitrogens with zero attached hydrogens (tertiary/aromatic N) is 1. The number of hydrogen-bond donors (Lipinski definition) is 2. The predicted octanol–water partition coefficient (Wildman–Crippen LogP) is 3.22. The second-order valence-corrected chi connectivity index (χ2v) is 4.46. The smallest absolute Gasteiger partial charge is 0.361 e. The van der Waals surface area contributed by atoms with E-state index >= 15 is 0 Å². The van der Waals surface area contributed by atoms with Gasteiger partial charge >= 0.3 is 6.18 Å². The molecule has 0 aliphatic carbocycles. The Morgan fingerprint density at radius 3 is 2.55 bits per heavy atom. The van der Waals surface area contributed by atoms with Crippen LogP contribution in [0.2, 0.25) is 0 Å². The van der Waals surface area contributed by atoms with Gasteiger partial charge in [0.15, 0.2) is 5.43 Å². The Hall–Kier alpha value is -2.71. The van der Waals surface area contributed by atoms with E-state index in [1.54, 1.807) is 4.98 Å². The number of alkyl halides is 3. The van der Waals surface area contributed by atoms with Crippen molar-refractivity contribution in [2.75, 3.05) is 0 Å². The number of nitrogens with one attached hydrogen (secondary N) is 2. The van der Waals surface area contributed by atoms with Crippen LogP contribution < -0.4 is 5.43 Å². The van der Waals surface area contributed by atoms with Crippen LogP contribution in [0, 0.1) is 11.6 Å². The third-order valence-corrected chi connectivity index (χ3v) is 3.05. The van der Waals surface area contributed by atoms with Crippen molar-refractivity contribution >= 4 is 10.9 Å². The molecule has 0 saturated heterocycles. The van der Waals surface area contributed by atoms with Gasteiger partial charge in [0.05, 0.1) is 28.4 Å². The summed E-state index contributed by atoms with van der Waals surface area (Å²) in [5.74, 6) is -3.76. The minimum atomic E-state index is -4.78. The third-order valence-electron chi connectivity index (χ3n) is 3.05. The fourth-order valence-corrected chi connectivity index (χ4v) is 2.10. The molecule has 0 aliphatic heterocycles. The number of H-pyrrole nitrogens is 2. The standard InChI is InChI=1S/C13H6F5N3O/c14-5-3-6-10(8(22)1-2-19-6)11(15)9(5)7-4-20-12(21-7)13(16,17)18/h1-4H,(H,19,22)(H,20,21). The Kier molecular flexibility index (Phi) is 3.01. The number of benzene rings is 1. The zero-order valence-electron chi connectivity index (χ0n) is 10.6. The molecule has 0 saturated carbocycles. The quantitative estimate of drug-likeness (QED) is 0.677. The van der Waals surface area contributed by atoms with Crippen LogP contribution in [-0.4, -0.2) is 15.0 Å². The summed E-state index contributed by atoms with van der Waals surface area (Å²) < 4.78 is 65.9. The second-order valence-electron chi connectivity index (χ2n) is 4.46. The first kappa shape index (κ1) is 14.2. The molecule has 0 aliphatic rings. The van der Waals surface area contributed by atoms with Gasteiger partial charge in [-0.2, -0.15) is 13.2 Å². The molecule has 9 heteroatoms. The average molecular weight is 315 g/mol. The van der Waals surface area contributed by atoms with Gasteiger partial charge in [0.1, 0.15) is 11.6 Å². The van der Waals surface area contributed by atoms with Gasteiger partial charge < -0.3 is 9.97 Å². The van der Waals surface area contributed by atoms with E-state index in [2.05, 4.69) is 9.97 Å². The van der Waals surface area contributed by atoms with Crippen LogP contribution in [0.25, 0.3) is 22.2 Å². The van der Waals surface area contributed by atoms with E-state index in [0.29, 0.717) is 6.20 Å². The number of aromatic nitrogens is 3. The fourth-order valence-electron chi connectivity index (χ4n) is 2.10. The number of rotatable bonds is 1. The first-order valence-electron chi connectivity index (χ1n) is 5.91. The van der Waals surface area contributed by atoms with E-state index in [1.165, 1.54) is 6.20 Å². The van der Waals surface area contributed by atoms with Crippen molar-refractivity contribution in [3.05, 3.63) is 52.2 Å². The lowest BCUT2D eigenvalue weighted by Crippen LogP contribution is -2.08. The van der Waals surface area contributed by atoms with E-state index in [-0.39, 0.29) is 5.52 Å². The van der Waals surface area contributed by atoms with Crippen LogP contribution in [0.3, 0.4) is 0 Å². The third kappa shape index (κ3) is 2.14. The lowest BCUT2D eigenvalue weighted by Gasteiger charge is -2.06. The molecule has 1 aromatic carbocycles. The summed E-state index contributed by atoms with van der Waals surface area (Å²) in [5.41, 5.74) is -2.09. The number of halogens is 5. The maximum Gasteiger partial charge on any atom is 0.449 e. The molecule has 0 fully saturated rings. The van der Waals surface area contributed by atoms with Gasteiger partial charge in [-0.3, -0.25) is 4.79 Å². The summed E-state index contributed by atoms with van der Waals surface area (Å²) in [4.78, 5) is 19.0. The van der Waals surface area contributed by atoms with Crippen molar-refractivity contribution in [2.45, 2.75) is 6.18 Å². The van der Waals surface area contributed by atoms with Crippen LogP contribution in [0.15, 0.2) is 29.3 Å². The molecule has 2 aromatic heterocycles. The highest BCUT2D eigenvalue weighted by molar-refractivity contribution is 5.84. The molecule has 0 spiro atoms. The van der Waals surface area contributed by atoms with Gasteiger partial charge in [-0.05, 0) is 6.07 Å².